The molecule has 0 aliphatic rings. The molecule has 0 aromatic carbocycles. The molecule has 0 bridgehead atoms. The van der Waals surface area contributed by atoms with E-state index in [1.165, 1.54) is 19.3 Å². The number of amides is 1. The summed E-state index contributed by atoms with van der Waals surface area (Å²) in [4.78, 5) is 15.7. The van der Waals surface area contributed by atoms with Crippen LogP contribution >= 0.6 is 0 Å². The molecule has 0 spiro atoms. The number of nitrogens with one attached hydrogen (secondary N) is 1. The first-order valence-corrected chi connectivity index (χ1v) is 6.95. The van der Waals surface area contributed by atoms with Crippen LogP contribution in [0.1, 0.15) is 62.5 Å². The SMILES string of the molecule is CC.CCCCCCNC(=O)c1ccc(C)cn1. The van der Waals surface area contributed by atoms with Crippen LogP contribution in [0, 0.1) is 6.92 Å². The van der Waals surface area contributed by atoms with Crippen molar-refractivity contribution in [1.29, 1.82) is 0 Å². The van der Waals surface area contributed by atoms with Crippen LogP contribution in [0.15, 0.2) is 18.3 Å². The lowest BCUT2D eigenvalue weighted by atomic mass is 10.2. The Balaban J connectivity index is 0.00000137. The van der Waals surface area contributed by atoms with Gasteiger partial charge in [0.1, 0.15) is 5.69 Å². The molecule has 0 aliphatic carbocycles. The van der Waals surface area contributed by atoms with Crippen molar-refractivity contribution in [2.24, 2.45) is 0 Å². The van der Waals surface area contributed by atoms with Crippen molar-refractivity contribution in [3.8, 4) is 0 Å². The van der Waals surface area contributed by atoms with Crippen LogP contribution in [0.2, 0.25) is 0 Å². The second-order valence-electron chi connectivity index (χ2n) is 4.04. The van der Waals surface area contributed by atoms with Crippen molar-refractivity contribution >= 4 is 5.91 Å². The topological polar surface area (TPSA) is 42.0 Å². The van der Waals surface area contributed by atoms with Gasteiger partial charge in [0.2, 0.25) is 0 Å². The summed E-state index contributed by atoms with van der Waals surface area (Å²) in [5, 5.41) is 2.88. The molecule has 102 valence electrons. The smallest absolute Gasteiger partial charge is 0.269 e. The number of hydrogen-bond donors (Lipinski definition) is 1. The number of rotatable bonds is 6. The molecule has 0 unspecified atom stereocenters. The highest BCUT2D eigenvalue weighted by Crippen LogP contribution is 2.00. The first-order valence-electron chi connectivity index (χ1n) is 6.95. The maximum atomic E-state index is 11.6. The van der Waals surface area contributed by atoms with Crippen molar-refractivity contribution < 1.29 is 4.79 Å². The Morgan fingerprint density at radius 2 is 1.94 bits per heavy atom. The molecule has 0 aliphatic heterocycles. The summed E-state index contributed by atoms with van der Waals surface area (Å²) in [7, 11) is 0. The Bertz CT molecular complexity index is 320. The fraction of sp³-hybridized carbons (Fsp3) is 0.600. The lowest BCUT2D eigenvalue weighted by Gasteiger charge is -2.04. The summed E-state index contributed by atoms with van der Waals surface area (Å²) in [6, 6.07) is 3.66. The van der Waals surface area contributed by atoms with Gasteiger partial charge in [0.25, 0.3) is 5.91 Å². The number of carbonyl (C=O) groups excluding carboxylic acids is 1. The van der Waals surface area contributed by atoms with Crippen molar-refractivity contribution in [3.05, 3.63) is 29.6 Å². The Kier molecular flexibility index (Phi) is 9.93. The molecule has 3 heteroatoms. The highest BCUT2D eigenvalue weighted by atomic mass is 16.1. The molecule has 0 saturated heterocycles. The molecule has 1 rings (SSSR count). The summed E-state index contributed by atoms with van der Waals surface area (Å²) in [5.41, 5.74) is 1.57. The van der Waals surface area contributed by atoms with Crippen LogP contribution < -0.4 is 5.32 Å². The Hall–Kier alpha value is -1.38. The van der Waals surface area contributed by atoms with Crippen molar-refractivity contribution in [1.82, 2.24) is 10.3 Å². The van der Waals surface area contributed by atoms with Gasteiger partial charge in [-0.25, -0.2) is 0 Å². The number of aryl methyl sites for hydroxylation is 1. The van der Waals surface area contributed by atoms with Gasteiger partial charge in [-0.15, -0.1) is 0 Å². The molecular weight excluding hydrogens is 224 g/mol. The van der Waals surface area contributed by atoms with Crippen LogP contribution in [-0.2, 0) is 0 Å². The van der Waals surface area contributed by atoms with Crippen molar-refractivity contribution in [2.45, 2.75) is 53.4 Å². The van der Waals surface area contributed by atoms with Crippen molar-refractivity contribution in [3.63, 3.8) is 0 Å². The number of aromatic nitrogens is 1. The normalized spacial score (nSPS) is 9.33. The molecule has 1 N–H and O–H groups in total. The third kappa shape index (κ3) is 7.05. The van der Waals surface area contributed by atoms with Gasteiger partial charge in [-0.1, -0.05) is 46.1 Å². The molecule has 1 heterocycles. The van der Waals surface area contributed by atoms with Gasteiger partial charge in [-0.3, -0.25) is 9.78 Å². The van der Waals surface area contributed by atoms with Crippen LogP contribution in [0.3, 0.4) is 0 Å². The Labute approximate surface area is 111 Å². The first kappa shape index (κ1) is 16.6. The predicted octanol–water partition coefficient (Wildman–Crippen LogP) is 3.73. The Morgan fingerprint density at radius 1 is 1.22 bits per heavy atom. The fourth-order valence-corrected chi connectivity index (χ4v) is 1.45. The van der Waals surface area contributed by atoms with Crippen LogP contribution in [0.25, 0.3) is 0 Å². The number of carbonyl (C=O) groups is 1. The quantitative estimate of drug-likeness (QED) is 0.782. The molecule has 3 nitrogen and oxygen atoms in total. The predicted molar refractivity (Wildman–Crippen MR) is 76.8 cm³/mol. The van der Waals surface area contributed by atoms with E-state index in [9.17, 15) is 4.79 Å². The second kappa shape index (κ2) is 10.8. The average Bonchev–Trinajstić information content (AvgIpc) is 2.41. The Morgan fingerprint density at radius 3 is 2.50 bits per heavy atom. The van der Waals surface area contributed by atoms with E-state index in [4.69, 9.17) is 0 Å². The highest BCUT2D eigenvalue weighted by molar-refractivity contribution is 5.92. The van der Waals surface area contributed by atoms with E-state index < -0.39 is 0 Å². The van der Waals surface area contributed by atoms with Gasteiger partial charge >= 0.3 is 0 Å². The van der Waals surface area contributed by atoms with Crippen LogP contribution in [0.4, 0.5) is 0 Å². The van der Waals surface area contributed by atoms with Gasteiger partial charge in [0, 0.05) is 12.7 Å². The number of unbranched alkanes of at least 4 members (excludes halogenated alkanes) is 3. The lowest BCUT2D eigenvalue weighted by molar-refractivity contribution is 0.0948. The number of pyridine rings is 1. The maximum Gasteiger partial charge on any atom is 0.269 e. The molecule has 1 aromatic heterocycles. The van der Waals surface area contributed by atoms with E-state index in [-0.39, 0.29) is 5.91 Å². The average molecular weight is 250 g/mol. The zero-order chi connectivity index (χ0) is 13.8. The van der Waals surface area contributed by atoms with E-state index in [0.717, 1.165) is 18.5 Å². The zero-order valence-corrected chi connectivity index (χ0v) is 12.1. The van der Waals surface area contributed by atoms with Gasteiger partial charge in [0.15, 0.2) is 0 Å². The molecule has 18 heavy (non-hydrogen) atoms. The van der Waals surface area contributed by atoms with E-state index in [0.29, 0.717) is 5.69 Å². The number of nitrogens with zero attached hydrogens (tertiary/aromatic N) is 1. The summed E-state index contributed by atoms with van der Waals surface area (Å²) < 4.78 is 0. The maximum absolute atomic E-state index is 11.6. The summed E-state index contributed by atoms with van der Waals surface area (Å²) >= 11 is 0. The minimum atomic E-state index is -0.0727. The van der Waals surface area contributed by atoms with Crippen molar-refractivity contribution in [2.75, 3.05) is 6.54 Å². The molecule has 0 saturated carbocycles. The van der Waals surface area contributed by atoms with E-state index >= 15 is 0 Å². The molecule has 0 radical (unpaired) electrons. The van der Waals surface area contributed by atoms with E-state index in [1.807, 2.05) is 26.8 Å². The molecule has 1 aromatic rings. The second-order valence-corrected chi connectivity index (χ2v) is 4.04. The lowest BCUT2D eigenvalue weighted by Crippen LogP contribution is -2.25. The standard InChI is InChI=1S/C13H20N2O.C2H6/c1-3-4-5-6-9-14-13(16)12-8-7-11(2)10-15-12;1-2/h7-8,10H,3-6,9H2,1-2H3,(H,14,16);1-2H3. The summed E-state index contributed by atoms with van der Waals surface area (Å²) in [6.07, 6.45) is 6.39. The summed E-state index contributed by atoms with van der Waals surface area (Å²) in [6.45, 7) is 8.88. The molecule has 0 fully saturated rings. The van der Waals surface area contributed by atoms with Gasteiger partial charge < -0.3 is 5.32 Å². The third-order valence-electron chi connectivity index (χ3n) is 2.46. The van der Waals surface area contributed by atoms with Crippen LogP contribution in [0.5, 0.6) is 0 Å². The van der Waals surface area contributed by atoms with Gasteiger partial charge in [-0.05, 0) is 25.0 Å². The first-order chi connectivity index (χ1) is 8.74. The molecular formula is C15H26N2O. The molecule has 0 atom stereocenters. The largest absolute Gasteiger partial charge is 0.351 e. The summed E-state index contributed by atoms with van der Waals surface area (Å²) in [5.74, 6) is -0.0727. The highest BCUT2D eigenvalue weighted by Gasteiger charge is 2.04. The zero-order valence-electron chi connectivity index (χ0n) is 12.1. The fourth-order valence-electron chi connectivity index (χ4n) is 1.45. The minimum absolute atomic E-state index is 0.0727. The van der Waals surface area contributed by atoms with E-state index in [2.05, 4.69) is 17.2 Å². The van der Waals surface area contributed by atoms with Crippen LogP contribution in [-0.4, -0.2) is 17.4 Å². The third-order valence-corrected chi connectivity index (χ3v) is 2.46. The van der Waals surface area contributed by atoms with E-state index in [1.54, 1.807) is 12.3 Å². The van der Waals surface area contributed by atoms with Gasteiger partial charge in [-0.2, -0.15) is 0 Å². The number of hydrogen-bond acceptors (Lipinski definition) is 2. The van der Waals surface area contributed by atoms with Gasteiger partial charge in [0.05, 0.1) is 0 Å². The minimum Gasteiger partial charge on any atom is -0.351 e. The monoisotopic (exact) mass is 250 g/mol. The molecule has 1 amide bonds.